The molecule has 0 spiro atoms. The summed E-state index contributed by atoms with van der Waals surface area (Å²) >= 11 is 0. The number of aryl methyl sites for hydroxylation is 1. The van der Waals surface area contributed by atoms with Crippen LogP contribution in [0.4, 0.5) is 0 Å². The van der Waals surface area contributed by atoms with Crippen LogP contribution in [-0.4, -0.2) is 16.1 Å². The number of aromatic amines is 1. The summed E-state index contributed by atoms with van der Waals surface area (Å²) in [6, 6.07) is 1.62. The molecule has 0 aliphatic heterocycles. The fraction of sp³-hybridized carbons (Fsp3) is 0.200. The summed E-state index contributed by atoms with van der Waals surface area (Å²) in [7, 11) is 0. The normalized spacial score (nSPS) is 10.2. The zero-order valence-electron chi connectivity index (χ0n) is 8.28. The summed E-state index contributed by atoms with van der Waals surface area (Å²) in [6.07, 6.45) is 4.58. The summed E-state index contributed by atoms with van der Waals surface area (Å²) in [5, 5.41) is 9.44. The van der Waals surface area contributed by atoms with Crippen molar-refractivity contribution in [3.05, 3.63) is 41.6 Å². The molecule has 2 N–H and O–H groups in total. The van der Waals surface area contributed by atoms with Crippen molar-refractivity contribution in [2.45, 2.75) is 13.5 Å². The molecule has 15 heavy (non-hydrogen) atoms. The van der Waals surface area contributed by atoms with Gasteiger partial charge >= 0.3 is 0 Å². The Morgan fingerprint density at radius 1 is 1.67 bits per heavy atom. The van der Waals surface area contributed by atoms with E-state index in [1.54, 1.807) is 12.3 Å². The Morgan fingerprint density at radius 2 is 2.53 bits per heavy atom. The molecule has 0 bridgehead atoms. The fourth-order valence-corrected chi connectivity index (χ4v) is 1.23. The molecule has 1 amide bonds. The second-order valence-electron chi connectivity index (χ2n) is 3.21. The molecule has 2 aromatic rings. The van der Waals surface area contributed by atoms with Gasteiger partial charge in [0.25, 0.3) is 5.91 Å². The third-order valence-corrected chi connectivity index (χ3v) is 2.16. The minimum absolute atomic E-state index is 0.149. The van der Waals surface area contributed by atoms with Gasteiger partial charge in [0, 0.05) is 17.8 Å². The number of rotatable bonds is 3. The van der Waals surface area contributed by atoms with E-state index in [9.17, 15) is 4.79 Å². The molecule has 0 saturated carbocycles. The number of hydrogen-bond donors (Lipinski definition) is 2. The summed E-state index contributed by atoms with van der Waals surface area (Å²) < 4.78 is 4.82. The summed E-state index contributed by atoms with van der Waals surface area (Å²) in [5.41, 5.74) is 2.46. The number of aromatic nitrogens is 2. The predicted molar refractivity (Wildman–Crippen MR) is 53.2 cm³/mol. The van der Waals surface area contributed by atoms with E-state index in [4.69, 9.17) is 4.42 Å². The van der Waals surface area contributed by atoms with E-state index in [1.165, 1.54) is 12.5 Å². The van der Waals surface area contributed by atoms with Crippen LogP contribution in [-0.2, 0) is 6.54 Å². The van der Waals surface area contributed by atoms with Gasteiger partial charge in [0.15, 0.2) is 0 Å². The molecule has 0 aliphatic carbocycles. The van der Waals surface area contributed by atoms with Crippen molar-refractivity contribution in [2.75, 3.05) is 0 Å². The number of H-pyrrole nitrogens is 1. The minimum Gasteiger partial charge on any atom is -0.472 e. The first-order valence-electron chi connectivity index (χ1n) is 4.56. The van der Waals surface area contributed by atoms with Gasteiger partial charge in [0.1, 0.15) is 6.26 Å². The van der Waals surface area contributed by atoms with Crippen molar-refractivity contribution < 1.29 is 9.21 Å². The average molecular weight is 205 g/mol. The van der Waals surface area contributed by atoms with Crippen LogP contribution in [0.25, 0.3) is 0 Å². The van der Waals surface area contributed by atoms with Crippen molar-refractivity contribution in [3.63, 3.8) is 0 Å². The first kappa shape index (κ1) is 9.51. The van der Waals surface area contributed by atoms with Gasteiger partial charge in [-0.3, -0.25) is 9.89 Å². The molecule has 0 saturated heterocycles. The summed E-state index contributed by atoms with van der Waals surface area (Å²) in [4.78, 5) is 11.5. The number of amides is 1. The summed E-state index contributed by atoms with van der Waals surface area (Å²) in [6.45, 7) is 2.37. The molecule has 0 radical (unpaired) electrons. The lowest BCUT2D eigenvalue weighted by Crippen LogP contribution is -2.22. The van der Waals surface area contributed by atoms with Crippen molar-refractivity contribution in [2.24, 2.45) is 0 Å². The molecule has 2 aromatic heterocycles. The number of carbonyl (C=O) groups excluding carboxylic acids is 1. The van der Waals surface area contributed by atoms with E-state index in [0.29, 0.717) is 12.1 Å². The van der Waals surface area contributed by atoms with E-state index in [-0.39, 0.29) is 5.91 Å². The summed E-state index contributed by atoms with van der Waals surface area (Å²) in [5.74, 6) is -0.149. The Balaban J connectivity index is 1.95. The second-order valence-corrected chi connectivity index (χ2v) is 3.21. The SMILES string of the molecule is Cc1[nH]ncc1CNC(=O)c1ccoc1. The smallest absolute Gasteiger partial charge is 0.254 e. The van der Waals surface area contributed by atoms with Crippen LogP contribution in [0.1, 0.15) is 21.6 Å². The van der Waals surface area contributed by atoms with Crippen molar-refractivity contribution in [1.29, 1.82) is 0 Å². The highest BCUT2D eigenvalue weighted by atomic mass is 16.3. The van der Waals surface area contributed by atoms with E-state index in [0.717, 1.165) is 11.3 Å². The van der Waals surface area contributed by atoms with E-state index in [2.05, 4.69) is 15.5 Å². The average Bonchev–Trinajstić information content (AvgIpc) is 2.85. The third-order valence-electron chi connectivity index (χ3n) is 2.16. The predicted octanol–water partition coefficient (Wildman–Crippen LogP) is 1.24. The quantitative estimate of drug-likeness (QED) is 0.791. The van der Waals surface area contributed by atoms with E-state index < -0.39 is 0 Å². The van der Waals surface area contributed by atoms with Gasteiger partial charge in [0.2, 0.25) is 0 Å². The maximum atomic E-state index is 11.5. The maximum Gasteiger partial charge on any atom is 0.254 e. The van der Waals surface area contributed by atoms with Gasteiger partial charge in [-0.15, -0.1) is 0 Å². The standard InChI is InChI=1S/C10H11N3O2/c1-7-9(5-12-13-7)4-11-10(14)8-2-3-15-6-8/h2-3,5-6H,4H2,1H3,(H,11,14)(H,12,13). The molecular formula is C10H11N3O2. The van der Waals surface area contributed by atoms with Gasteiger partial charge in [0.05, 0.1) is 18.0 Å². The number of furan rings is 1. The van der Waals surface area contributed by atoms with Gasteiger partial charge in [-0.25, -0.2) is 0 Å². The Labute approximate surface area is 86.5 Å². The molecule has 0 unspecified atom stereocenters. The number of hydrogen-bond acceptors (Lipinski definition) is 3. The molecule has 2 rings (SSSR count). The van der Waals surface area contributed by atoms with Gasteiger partial charge in [-0.05, 0) is 13.0 Å². The highest BCUT2D eigenvalue weighted by Crippen LogP contribution is 2.03. The number of nitrogens with one attached hydrogen (secondary N) is 2. The molecule has 0 atom stereocenters. The molecule has 0 aromatic carbocycles. The lowest BCUT2D eigenvalue weighted by Gasteiger charge is -2.01. The lowest BCUT2D eigenvalue weighted by atomic mass is 10.2. The highest BCUT2D eigenvalue weighted by Gasteiger charge is 2.07. The maximum absolute atomic E-state index is 11.5. The van der Waals surface area contributed by atoms with Gasteiger partial charge in [-0.1, -0.05) is 0 Å². The van der Waals surface area contributed by atoms with Gasteiger partial charge in [-0.2, -0.15) is 5.10 Å². The highest BCUT2D eigenvalue weighted by molar-refractivity contribution is 5.93. The number of carbonyl (C=O) groups is 1. The van der Waals surface area contributed by atoms with Crippen LogP contribution in [0.15, 0.2) is 29.2 Å². The fourth-order valence-electron chi connectivity index (χ4n) is 1.23. The third kappa shape index (κ3) is 2.07. The van der Waals surface area contributed by atoms with Crippen molar-refractivity contribution >= 4 is 5.91 Å². The van der Waals surface area contributed by atoms with Crippen LogP contribution >= 0.6 is 0 Å². The Morgan fingerprint density at radius 3 is 3.13 bits per heavy atom. The molecule has 5 heteroatoms. The van der Waals surface area contributed by atoms with E-state index >= 15 is 0 Å². The van der Waals surface area contributed by atoms with Crippen LogP contribution in [0, 0.1) is 6.92 Å². The molecule has 0 aliphatic rings. The zero-order chi connectivity index (χ0) is 10.7. The molecular weight excluding hydrogens is 194 g/mol. The Hall–Kier alpha value is -2.04. The molecule has 5 nitrogen and oxygen atoms in total. The molecule has 0 fully saturated rings. The van der Waals surface area contributed by atoms with Crippen LogP contribution in [0.2, 0.25) is 0 Å². The Kier molecular flexibility index (Phi) is 2.53. The monoisotopic (exact) mass is 205 g/mol. The molecule has 2 heterocycles. The van der Waals surface area contributed by atoms with Crippen LogP contribution in [0.5, 0.6) is 0 Å². The van der Waals surface area contributed by atoms with Crippen LogP contribution in [0.3, 0.4) is 0 Å². The van der Waals surface area contributed by atoms with Crippen LogP contribution < -0.4 is 5.32 Å². The van der Waals surface area contributed by atoms with Crippen molar-refractivity contribution in [3.8, 4) is 0 Å². The largest absolute Gasteiger partial charge is 0.472 e. The van der Waals surface area contributed by atoms with Gasteiger partial charge < -0.3 is 9.73 Å². The second kappa shape index (κ2) is 4.00. The topological polar surface area (TPSA) is 70.9 Å². The zero-order valence-corrected chi connectivity index (χ0v) is 8.28. The number of nitrogens with zero attached hydrogens (tertiary/aromatic N) is 1. The van der Waals surface area contributed by atoms with Crippen molar-refractivity contribution in [1.82, 2.24) is 15.5 Å². The molecule has 78 valence electrons. The lowest BCUT2D eigenvalue weighted by molar-refractivity contribution is 0.0950. The Bertz CT molecular complexity index is 445. The first-order chi connectivity index (χ1) is 7.27. The first-order valence-corrected chi connectivity index (χ1v) is 4.56. The minimum atomic E-state index is -0.149. The van der Waals surface area contributed by atoms with E-state index in [1.807, 2.05) is 6.92 Å².